The first-order valence-electron chi connectivity index (χ1n) is 4.51. The number of nitrogens with zero attached hydrogens (tertiary/aromatic N) is 2. The number of carbonyl (C=O) groups excluding carboxylic acids is 1. The number of methoxy groups -OCH3 is 1. The summed E-state index contributed by atoms with van der Waals surface area (Å²) < 4.78 is 29.6. The zero-order valence-corrected chi connectivity index (χ0v) is 9.02. The monoisotopic (exact) mass is 256 g/mol. The summed E-state index contributed by atoms with van der Waals surface area (Å²) >= 11 is 0. The van der Waals surface area contributed by atoms with Crippen molar-refractivity contribution in [2.45, 2.75) is 6.43 Å². The Balaban J connectivity index is 3.68. The van der Waals surface area contributed by atoms with Crippen molar-refractivity contribution in [1.82, 2.24) is 0 Å². The van der Waals surface area contributed by atoms with E-state index in [9.17, 15) is 23.7 Å². The SMILES string of the molecule is COC(=O)c1c(C(F)F)ccc([N+](=O)[O-])c1C#N. The van der Waals surface area contributed by atoms with E-state index in [0.717, 1.165) is 19.2 Å². The van der Waals surface area contributed by atoms with Crippen molar-refractivity contribution < 1.29 is 23.2 Å². The molecule has 0 fully saturated rings. The lowest BCUT2D eigenvalue weighted by molar-refractivity contribution is -0.385. The molecule has 0 spiro atoms. The van der Waals surface area contributed by atoms with Gasteiger partial charge in [-0.15, -0.1) is 0 Å². The van der Waals surface area contributed by atoms with Crippen LogP contribution in [0, 0.1) is 21.4 Å². The lowest BCUT2D eigenvalue weighted by Crippen LogP contribution is -2.11. The van der Waals surface area contributed by atoms with Crippen molar-refractivity contribution in [3.63, 3.8) is 0 Å². The minimum Gasteiger partial charge on any atom is -0.465 e. The second kappa shape index (κ2) is 5.18. The number of halogens is 2. The van der Waals surface area contributed by atoms with E-state index in [4.69, 9.17) is 5.26 Å². The summed E-state index contributed by atoms with van der Waals surface area (Å²) in [5.74, 6) is -1.22. The highest BCUT2D eigenvalue weighted by Gasteiger charge is 2.29. The molecule has 0 unspecified atom stereocenters. The molecular formula is C10H6F2N2O4. The predicted molar refractivity (Wildman–Crippen MR) is 54.1 cm³/mol. The number of benzene rings is 1. The van der Waals surface area contributed by atoms with Gasteiger partial charge in [0.05, 0.1) is 17.6 Å². The van der Waals surface area contributed by atoms with Crippen molar-refractivity contribution in [3.05, 3.63) is 38.9 Å². The molecule has 6 nitrogen and oxygen atoms in total. The van der Waals surface area contributed by atoms with Gasteiger partial charge in [-0.2, -0.15) is 5.26 Å². The first-order valence-corrected chi connectivity index (χ1v) is 4.51. The fraction of sp³-hybridized carbons (Fsp3) is 0.200. The van der Waals surface area contributed by atoms with Crippen LogP contribution in [-0.2, 0) is 4.74 Å². The van der Waals surface area contributed by atoms with E-state index in [1.165, 1.54) is 6.07 Å². The van der Waals surface area contributed by atoms with Gasteiger partial charge in [-0.05, 0) is 6.07 Å². The highest BCUT2D eigenvalue weighted by molar-refractivity contribution is 5.95. The molecule has 0 bridgehead atoms. The molecule has 1 rings (SSSR count). The summed E-state index contributed by atoms with van der Waals surface area (Å²) in [4.78, 5) is 21.1. The van der Waals surface area contributed by atoms with Crippen molar-refractivity contribution in [2.75, 3.05) is 7.11 Å². The Labute approximate surface area is 99.5 Å². The number of nitriles is 1. The van der Waals surface area contributed by atoms with Gasteiger partial charge in [0.15, 0.2) is 0 Å². The van der Waals surface area contributed by atoms with Gasteiger partial charge in [0.1, 0.15) is 11.6 Å². The largest absolute Gasteiger partial charge is 0.465 e. The molecule has 0 aliphatic heterocycles. The van der Waals surface area contributed by atoms with Gasteiger partial charge < -0.3 is 4.74 Å². The van der Waals surface area contributed by atoms with Crippen LogP contribution in [0.5, 0.6) is 0 Å². The van der Waals surface area contributed by atoms with Crippen LogP contribution >= 0.6 is 0 Å². The van der Waals surface area contributed by atoms with Crippen LogP contribution in [0.4, 0.5) is 14.5 Å². The zero-order chi connectivity index (χ0) is 13.9. The van der Waals surface area contributed by atoms with Crippen molar-refractivity contribution >= 4 is 11.7 Å². The Morgan fingerprint density at radius 1 is 1.56 bits per heavy atom. The highest BCUT2D eigenvalue weighted by Crippen LogP contribution is 2.31. The van der Waals surface area contributed by atoms with Crippen molar-refractivity contribution in [2.24, 2.45) is 0 Å². The molecule has 0 saturated heterocycles. The second-order valence-electron chi connectivity index (χ2n) is 3.09. The maximum Gasteiger partial charge on any atom is 0.339 e. The number of esters is 1. The lowest BCUT2D eigenvalue weighted by atomic mass is 10.00. The molecule has 0 heterocycles. The van der Waals surface area contributed by atoms with E-state index < -0.39 is 39.7 Å². The maximum atomic E-state index is 12.7. The Morgan fingerprint density at radius 2 is 2.17 bits per heavy atom. The molecule has 0 atom stereocenters. The molecule has 0 aliphatic carbocycles. The molecule has 0 N–H and O–H groups in total. The first-order chi connectivity index (χ1) is 8.43. The lowest BCUT2D eigenvalue weighted by Gasteiger charge is -2.08. The molecule has 8 heteroatoms. The summed E-state index contributed by atoms with van der Waals surface area (Å²) in [6, 6.07) is 2.87. The number of hydrogen-bond donors (Lipinski definition) is 0. The number of carbonyl (C=O) groups is 1. The van der Waals surface area contributed by atoms with Gasteiger partial charge in [0.25, 0.3) is 12.1 Å². The Kier molecular flexibility index (Phi) is 3.89. The van der Waals surface area contributed by atoms with E-state index in [0.29, 0.717) is 0 Å². The van der Waals surface area contributed by atoms with Gasteiger partial charge in [-0.25, -0.2) is 13.6 Å². The molecule has 18 heavy (non-hydrogen) atoms. The molecule has 1 aromatic rings. The average molecular weight is 256 g/mol. The smallest absolute Gasteiger partial charge is 0.339 e. The average Bonchev–Trinajstić information content (AvgIpc) is 2.35. The van der Waals surface area contributed by atoms with E-state index in [1.807, 2.05) is 0 Å². The van der Waals surface area contributed by atoms with E-state index >= 15 is 0 Å². The van der Waals surface area contributed by atoms with E-state index in [-0.39, 0.29) is 0 Å². The van der Waals surface area contributed by atoms with Crippen molar-refractivity contribution in [1.29, 1.82) is 5.26 Å². The summed E-state index contributed by atoms with van der Waals surface area (Å²) in [6.07, 6.45) is -3.05. The summed E-state index contributed by atoms with van der Waals surface area (Å²) in [5.41, 5.74) is -3.00. The fourth-order valence-corrected chi connectivity index (χ4v) is 1.38. The van der Waals surface area contributed by atoms with Crippen LogP contribution in [0.2, 0.25) is 0 Å². The fourth-order valence-electron chi connectivity index (χ4n) is 1.38. The molecule has 0 saturated carbocycles. The number of alkyl halides is 2. The molecular weight excluding hydrogens is 250 g/mol. The summed E-state index contributed by atoms with van der Waals surface area (Å²) in [5, 5.41) is 19.4. The van der Waals surface area contributed by atoms with Gasteiger partial charge in [-0.3, -0.25) is 10.1 Å². The van der Waals surface area contributed by atoms with Crippen LogP contribution in [0.1, 0.15) is 27.9 Å². The van der Waals surface area contributed by atoms with Crippen LogP contribution in [0.3, 0.4) is 0 Å². The Bertz CT molecular complexity index is 552. The summed E-state index contributed by atoms with van der Waals surface area (Å²) in [6.45, 7) is 0. The van der Waals surface area contributed by atoms with Crippen molar-refractivity contribution in [3.8, 4) is 6.07 Å². The number of ether oxygens (including phenoxy) is 1. The van der Waals surface area contributed by atoms with Gasteiger partial charge in [0.2, 0.25) is 0 Å². The molecule has 0 radical (unpaired) electrons. The second-order valence-corrected chi connectivity index (χ2v) is 3.09. The van der Waals surface area contributed by atoms with Crippen LogP contribution in [-0.4, -0.2) is 18.0 Å². The number of hydrogen-bond acceptors (Lipinski definition) is 5. The van der Waals surface area contributed by atoms with Crippen LogP contribution in [0.15, 0.2) is 12.1 Å². The number of nitro groups is 1. The first kappa shape index (κ1) is 13.5. The normalized spacial score (nSPS) is 9.94. The molecule has 0 amide bonds. The topological polar surface area (TPSA) is 93.2 Å². The highest BCUT2D eigenvalue weighted by atomic mass is 19.3. The molecule has 0 aromatic heterocycles. The van der Waals surface area contributed by atoms with Crippen LogP contribution < -0.4 is 0 Å². The zero-order valence-electron chi connectivity index (χ0n) is 9.02. The predicted octanol–water partition coefficient (Wildman–Crippen LogP) is 2.19. The third-order valence-electron chi connectivity index (χ3n) is 2.15. The quantitative estimate of drug-likeness (QED) is 0.469. The van der Waals surface area contributed by atoms with Crippen LogP contribution in [0.25, 0.3) is 0 Å². The third kappa shape index (κ3) is 2.24. The molecule has 94 valence electrons. The standard InChI is InChI=1S/C10H6F2N2O4/c1-18-10(15)8-5(9(11)12)2-3-7(14(16)17)6(8)4-13/h2-3,9H,1H3. The van der Waals surface area contributed by atoms with E-state index in [1.54, 1.807) is 0 Å². The van der Waals surface area contributed by atoms with Gasteiger partial charge >= 0.3 is 5.97 Å². The Hall–Kier alpha value is -2.56. The molecule has 1 aromatic carbocycles. The minimum absolute atomic E-state index is 0.720. The Morgan fingerprint density at radius 3 is 2.56 bits per heavy atom. The summed E-state index contributed by atoms with van der Waals surface area (Å²) in [7, 11) is 0.928. The minimum atomic E-state index is -3.05. The third-order valence-corrected chi connectivity index (χ3v) is 2.15. The van der Waals surface area contributed by atoms with E-state index in [2.05, 4.69) is 4.74 Å². The number of rotatable bonds is 3. The van der Waals surface area contributed by atoms with Gasteiger partial charge in [0, 0.05) is 11.6 Å². The number of nitro benzene ring substituents is 1. The maximum absolute atomic E-state index is 12.7. The molecule has 0 aliphatic rings. The van der Waals surface area contributed by atoms with Gasteiger partial charge in [-0.1, -0.05) is 0 Å².